The van der Waals surface area contributed by atoms with Gasteiger partial charge < -0.3 is 10.1 Å². The molecule has 0 aliphatic rings. The third-order valence-corrected chi connectivity index (χ3v) is 5.59. The maximum absolute atomic E-state index is 12.6. The maximum Gasteiger partial charge on any atom is 0.261 e. The molecular formula is C24H22N2O4S. The van der Waals surface area contributed by atoms with Crippen molar-refractivity contribution >= 4 is 21.6 Å². The van der Waals surface area contributed by atoms with Gasteiger partial charge in [-0.05, 0) is 67.6 Å². The summed E-state index contributed by atoms with van der Waals surface area (Å²) in [4.78, 5) is 12.3. The summed E-state index contributed by atoms with van der Waals surface area (Å²) < 4.78 is 33.0. The molecule has 0 radical (unpaired) electrons. The second-order valence-electron chi connectivity index (χ2n) is 6.44. The number of hydrogen-bond donors (Lipinski definition) is 2. The van der Waals surface area contributed by atoms with E-state index in [2.05, 4.69) is 21.9 Å². The molecule has 0 atom stereocenters. The first kappa shape index (κ1) is 21.9. The van der Waals surface area contributed by atoms with Crippen molar-refractivity contribution < 1.29 is 17.9 Å². The van der Waals surface area contributed by atoms with E-state index in [1.54, 1.807) is 24.3 Å². The van der Waals surface area contributed by atoms with E-state index in [9.17, 15) is 13.2 Å². The predicted octanol–water partition coefficient (Wildman–Crippen LogP) is 3.67. The van der Waals surface area contributed by atoms with Crippen LogP contribution in [0.15, 0.2) is 83.8 Å². The number of amides is 1. The van der Waals surface area contributed by atoms with Crippen molar-refractivity contribution in [2.45, 2.75) is 11.8 Å². The monoisotopic (exact) mass is 434 g/mol. The third kappa shape index (κ3) is 6.36. The number of rotatable bonds is 7. The summed E-state index contributed by atoms with van der Waals surface area (Å²) >= 11 is 0. The van der Waals surface area contributed by atoms with E-state index in [0.717, 1.165) is 5.56 Å². The van der Waals surface area contributed by atoms with E-state index >= 15 is 0 Å². The average Bonchev–Trinajstić information content (AvgIpc) is 2.79. The number of sulfonamides is 1. The Bertz CT molecular complexity index is 1180. The fourth-order valence-electron chi connectivity index (χ4n) is 2.68. The van der Waals surface area contributed by atoms with E-state index < -0.39 is 10.0 Å². The SMILES string of the molecule is CCOc1ccc(NS(=O)(=O)c2ccc(C(=O)NCC#Cc3ccccc3)cc2)cc1. The van der Waals surface area contributed by atoms with E-state index in [0.29, 0.717) is 23.6 Å². The quantitative estimate of drug-likeness (QED) is 0.556. The van der Waals surface area contributed by atoms with Gasteiger partial charge in [-0.1, -0.05) is 30.0 Å². The maximum atomic E-state index is 12.6. The van der Waals surface area contributed by atoms with Gasteiger partial charge in [-0.15, -0.1) is 0 Å². The predicted molar refractivity (Wildman–Crippen MR) is 121 cm³/mol. The van der Waals surface area contributed by atoms with Crippen molar-refractivity contribution in [3.05, 3.63) is 90.0 Å². The van der Waals surface area contributed by atoms with Gasteiger partial charge in [0, 0.05) is 16.8 Å². The first-order valence-corrected chi connectivity index (χ1v) is 11.1. The van der Waals surface area contributed by atoms with Crippen molar-refractivity contribution in [3.8, 4) is 17.6 Å². The molecule has 6 nitrogen and oxygen atoms in total. The highest BCUT2D eigenvalue weighted by atomic mass is 32.2. The van der Waals surface area contributed by atoms with Crippen LogP contribution in [0.5, 0.6) is 5.75 Å². The van der Waals surface area contributed by atoms with Crippen LogP contribution in [0.3, 0.4) is 0 Å². The molecule has 0 saturated carbocycles. The van der Waals surface area contributed by atoms with Gasteiger partial charge in [0.05, 0.1) is 18.0 Å². The first-order chi connectivity index (χ1) is 15.0. The van der Waals surface area contributed by atoms with Gasteiger partial charge in [0.2, 0.25) is 0 Å². The number of hydrogen-bond acceptors (Lipinski definition) is 4. The average molecular weight is 435 g/mol. The second-order valence-corrected chi connectivity index (χ2v) is 8.12. The second kappa shape index (κ2) is 10.3. The van der Waals surface area contributed by atoms with Crippen LogP contribution in [-0.2, 0) is 10.0 Å². The van der Waals surface area contributed by atoms with Crippen molar-refractivity contribution in [3.63, 3.8) is 0 Å². The number of anilines is 1. The molecule has 0 bridgehead atoms. The summed E-state index contributed by atoms with van der Waals surface area (Å²) in [6.45, 7) is 2.59. The van der Waals surface area contributed by atoms with Crippen LogP contribution in [-0.4, -0.2) is 27.5 Å². The molecule has 2 N–H and O–H groups in total. The van der Waals surface area contributed by atoms with Gasteiger partial charge in [-0.2, -0.15) is 0 Å². The minimum absolute atomic E-state index is 0.0572. The molecule has 0 aliphatic heterocycles. The molecule has 158 valence electrons. The highest BCUT2D eigenvalue weighted by molar-refractivity contribution is 7.92. The van der Waals surface area contributed by atoms with Crippen molar-refractivity contribution in [1.82, 2.24) is 5.32 Å². The van der Waals surface area contributed by atoms with Crippen LogP contribution < -0.4 is 14.8 Å². The van der Waals surface area contributed by atoms with Crippen LogP contribution in [0.2, 0.25) is 0 Å². The molecule has 0 aliphatic carbocycles. The summed E-state index contributed by atoms with van der Waals surface area (Å²) in [6, 6.07) is 21.8. The van der Waals surface area contributed by atoms with Crippen LogP contribution in [0.25, 0.3) is 0 Å². The fraction of sp³-hybridized carbons (Fsp3) is 0.125. The molecule has 31 heavy (non-hydrogen) atoms. The summed E-state index contributed by atoms with van der Waals surface area (Å²) in [5, 5.41) is 2.69. The van der Waals surface area contributed by atoms with Crippen molar-refractivity contribution in [1.29, 1.82) is 0 Å². The molecule has 0 saturated heterocycles. The van der Waals surface area contributed by atoms with E-state index in [4.69, 9.17) is 4.74 Å². The molecule has 0 heterocycles. The third-order valence-electron chi connectivity index (χ3n) is 4.19. The zero-order valence-corrected chi connectivity index (χ0v) is 17.8. The smallest absolute Gasteiger partial charge is 0.261 e. The van der Waals surface area contributed by atoms with Gasteiger partial charge >= 0.3 is 0 Å². The van der Waals surface area contributed by atoms with Crippen molar-refractivity contribution in [2.24, 2.45) is 0 Å². The summed E-state index contributed by atoms with van der Waals surface area (Å²) in [5.41, 5.74) is 1.63. The van der Waals surface area contributed by atoms with Gasteiger partial charge in [0.25, 0.3) is 15.9 Å². The standard InChI is InChI=1S/C24H22N2O4S/c1-2-30-22-14-12-21(13-15-22)26-31(28,29)23-16-10-20(11-17-23)24(27)25-18-6-9-19-7-4-3-5-8-19/h3-5,7-8,10-17,26H,2,18H2,1H3,(H,25,27). The summed E-state index contributed by atoms with van der Waals surface area (Å²) in [6.07, 6.45) is 0. The van der Waals surface area contributed by atoms with E-state index in [-0.39, 0.29) is 17.3 Å². The molecule has 1 amide bonds. The highest BCUT2D eigenvalue weighted by Gasteiger charge is 2.15. The Kier molecular flexibility index (Phi) is 7.31. The van der Waals surface area contributed by atoms with Gasteiger partial charge in [-0.3, -0.25) is 9.52 Å². The Morgan fingerprint density at radius 1 is 0.935 bits per heavy atom. The van der Waals surface area contributed by atoms with E-state index in [1.807, 2.05) is 37.3 Å². The number of ether oxygens (including phenoxy) is 1. The van der Waals surface area contributed by atoms with Gasteiger partial charge in [0.15, 0.2) is 0 Å². The van der Waals surface area contributed by atoms with Gasteiger partial charge in [0.1, 0.15) is 5.75 Å². The lowest BCUT2D eigenvalue weighted by Crippen LogP contribution is -2.23. The Morgan fingerprint density at radius 3 is 2.26 bits per heavy atom. The fourth-order valence-corrected chi connectivity index (χ4v) is 3.74. The molecule has 0 fully saturated rings. The zero-order valence-electron chi connectivity index (χ0n) is 17.0. The zero-order chi connectivity index (χ0) is 22.1. The minimum atomic E-state index is -3.78. The van der Waals surface area contributed by atoms with Crippen molar-refractivity contribution in [2.75, 3.05) is 17.9 Å². The number of carbonyl (C=O) groups is 1. The topological polar surface area (TPSA) is 84.5 Å². The minimum Gasteiger partial charge on any atom is -0.494 e. The molecule has 3 aromatic carbocycles. The molecule has 0 unspecified atom stereocenters. The Morgan fingerprint density at radius 2 is 1.61 bits per heavy atom. The number of carbonyl (C=O) groups excluding carboxylic acids is 1. The molecule has 3 rings (SSSR count). The lowest BCUT2D eigenvalue weighted by Gasteiger charge is -2.10. The van der Waals surface area contributed by atoms with Gasteiger partial charge in [-0.25, -0.2) is 8.42 Å². The molecule has 0 spiro atoms. The summed E-state index contributed by atoms with van der Waals surface area (Å²) in [7, 11) is -3.78. The largest absolute Gasteiger partial charge is 0.494 e. The molecular weight excluding hydrogens is 412 g/mol. The molecule has 7 heteroatoms. The number of nitrogens with one attached hydrogen (secondary N) is 2. The Labute approximate surface area is 182 Å². The number of benzene rings is 3. The first-order valence-electron chi connectivity index (χ1n) is 9.66. The lowest BCUT2D eigenvalue weighted by atomic mass is 10.2. The normalized spacial score (nSPS) is 10.5. The van der Waals surface area contributed by atoms with Crippen LogP contribution in [0.1, 0.15) is 22.8 Å². The molecule has 3 aromatic rings. The molecule has 0 aromatic heterocycles. The van der Waals surface area contributed by atoms with E-state index in [1.165, 1.54) is 24.3 Å². The van der Waals surface area contributed by atoms with Crippen LogP contribution in [0.4, 0.5) is 5.69 Å². The van der Waals surface area contributed by atoms with Crippen LogP contribution in [0, 0.1) is 11.8 Å². The summed E-state index contributed by atoms with van der Waals surface area (Å²) in [5.74, 6) is 6.17. The Hall–Kier alpha value is -3.76. The Balaban J connectivity index is 1.59. The lowest BCUT2D eigenvalue weighted by molar-refractivity contribution is 0.0958. The highest BCUT2D eigenvalue weighted by Crippen LogP contribution is 2.20. The van der Waals surface area contributed by atoms with Crippen LogP contribution >= 0.6 is 0 Å².